The Balaban J connectivity index is 1.51. The second-order valence-corrected chi connectivity index (χ2v) is 8.63. The Morgan fingerprint density at radius 1 is 1.19 bits per heavy atom. The first-order valence-corrected chi connectivity index (χ1v) is 11.1. The first-order valence-electron chi connectivity index (χ1n) is 11.1. The third-order valence-electron chi connectivity index (χ3n) is 6.16. The number of fused-ring (bicyclic) bond motifs is 1. The number of piperidine rings is 1. The number of carbonyl (C=O) groups excluding carboxylic acids is 1. The molecule has 3 atom stereocenters. The summed E-state index contributed by atoms with van der Waals surface area (Å²) in [6.45, 7) is 3.85. The molecule has 3 aromatic rings. The zero-order valence-corrected chi connectivity index (χ0v) is 18.6. The van der Waals surface area contributed by atoms with E-state index in [9.17, 15) is 10.1 Å². The number of nitriles is 1. The van der Waals surface area contributed by atoms with Crippen LogP contribution in [0.5, 0.6) is 0 Å². The van der Waals surface area contributed by atoms with Gasteiger partial charge in [-0.2, -0.15) is 5.26 Å². The molecule has 0 bridgehead atoms. The van der Waals surface area contributed by atoms with Crippen LogP contribution in [0.2, 0.25) is 0 Å². The van der Waals surface area contributed by atoms with E-state index in [2.05, 4.69) is 33.5 Å². The Kier molecular flexibility index (Phi) is 6.67. The van der Waals surface area contributed by atoms with Gasteiger partial charge in [0, 0.05) is 36.4 Å². The van der Waals surface area contributed by atoms with Crippen molar-refractivity contribution in [1.82, 2.24) is 15.6 Å². The van der Waals surface area contributed by atoms with E-state index in [1.807, 2.05) is 61.6 Å². The van der Waals surface area contributed by atoms with Gasteiger partial charge in [-0.15, -0.1) is 0 Å². The number of benzene rings is 2. The number of anilines is 1. The summed E-state index contributed by atoms with van der Waals surface area (Å²) in [5.41, 5.74) is 3.51. The normalized spacial score (nSPS) is 19.3. The van der Waals surface area contributed by atoms with Gasteiger partial charge in [-0.25, -0.2) is 0 Å². The molecule has 32 heavy (non-hydrogen) atoms. The summed E-state index contributed by atoms with van der Waals surface area (Å²) in [6.07, 6.45) is 3.32. The molecule has 0 saturated carbocycles. The van der Waals surface area contributed by atoms with Gasteiger partial charge in [0.25, 0.3) is 0 Å². The highest BCUT2D eigenvalue weighted by atomic mass is 16.2. The van der Waals surface area contributed by atoms with Gasteiger partial charge in [0.15, 0.2) is 0 Å². The molecular formula is C26H29N5O. The van der Waals surface area contributed by atoms with E-state index in [1.165, 1.54) is 0 Å². The van der Waals surface area contributed by atoms with Crippen LogP contribution in [0.25, 0.3) is 10.9 Å². The van der Waals surface area contributed by atoms with Gasteiger partial charge in [0.1, 0.15) is 6.07 Å². The summed E-state index contributed by atoms with van der Waals surface area (Å²) in [5, 5.41) is 16.9. The summed E-state index contributed by atoms with van der Waals surface area (Å²) in [7, 11) is 1.83. The van der Waals surface area contributed by atoms with Crippen molar-refractivity contribution in [2.24, 2.45) is 5.92 Å². The number of hydrogen-bond acceptors (Lipinski definition) is 5. The third kappa shape index (κ3) is 4.74. The van der Waals surface area contributed by atoms with Gasteiger partial charge in [0.05, 0.1) is 17.1 Å². The van der Waals surface area contributed by atoms with E-state index in [0.29, 0.717) is 17.9 Å². The molecule has 2 aromatic carbocycles. The molecule has 1 saturated heterocycles. The average molecular weight is 428 g/mol. The van der Waals surface area contributed by atoms with Crippen molar-refractivity contribution < 1.29 is 4.79 Å². The largest absolute Gasteiger partial charge is 0.369 e. The lowest BCUT2D eigenvalue weighted by molar-refractivity contribution is -0.123. The minimum Gasteiger partial charge on any atom is -0.369 e. The summed E-state index contributed by atoms with van der Waals surface area (Å²) in [5.74, 6) is 0.459. The summed E-state index contributed by atoms with van der Waals surface area (Å²) < 4.78 is 0. The van der Waals surface area contributed by atoms with Crippen LogP contribution in [0.1, 0.15) is 24.5 Å². The maximum absolute atomic E-state index is 13.1. The van der Waals surface area contributed by atoms with Crippen LogP contribution >= 0.6 is 0 Å². The minimum atomic E-state index is -0.275. The van der Waals surface area contributed by atoms with E-state index in [-0.39, 0.29) is 18.0 Å². The molecule has 4 rings (SSSR count). The van der Waals surface area contributed by atoms with Crippen molar-refractivity contribution in [1.29, 1.82) is 5.26 Å². The van der Waals surface area contributed by atoms with Crippen LogP contribution in [0.4, 0.5) is 5.69 Å². The van der Waals surface area contributed by atoms with Gasteiger partial charge in [-0.1, -0.05) is 37.3 Å². The Labute approximate surface area is 189 Å². The van der Waals surface area contributed by atoms with Crippen LogP contribution in [0.3, 0.4) is 0 Å². The molecule has 0 radical (unpaired) electrons. The molecule has 164 valence electrons. The van der Waals surface area contributed by atoms with Gasteiger partial charge < -0.3 is 15.5 Å². The highest BCUT2D eigenvalue weighted by molar-refractivity contribution is 5.95. The van der Waals surface area contributed by atoms with Crippen molar-refractivity contribution >= 4 is 22.5 Å². The van der Waals surface area contributed by atoms with Gasteiger partial charge in [-0.3, -0.25) is 9.78 Å². The van der Waals surface area contributed by atoms with Crippen LogP contribution < -0.4 is 15.5 Å². The fourth-order valence-electron chi connectivity index (χ4n) is 4.65. The molecule has 0 spiro atoms. The van der Waals surface area contributed by atoms with Crippen molar-refractivity contribution in [2.75, 3.05) is 25.0 Å². The molecule has 1 aliphatic heterocycles. The van der Waals surface area contributed by atoms with Crippen LogP contribution in [-0.4, -0.2) is 43.1 Å². The van der Waals surface area contributed by atoms with Crippen LogP contribution in [0, 0.1) is 17.2 Å². The lowest BCUT2D eigenvalue weighted by Gasteiger charge is -2.39. The molecule has 0 unspecified atom stereocenters. The second-order valence-electron chi connectivity index (χ2n) is 8.63. The zero-order valence-electron chi connectivity index (χ0n) is 18.6. The van der Waals surface area contributed by atoms with E-state index < -0.39 is 0 Å². The Hall–Kier alpha value is -3.43. The number of pyridine rings is 1. The molecule has 6 nitrogen and oxygen atoms in total. The van der Waals surface area contributed by atoms with Gasteiger partial charge in [-0.05, 0) is 55.6 Å². The van der Waals surface area contributed by atoms with Crippen molar-refractivity contribution in [2.45, 2.75) is 31.8 Å². The van der Waals surface area contributed by atoms with E-state index in [0.717, 1.165) is 41.7 Å². The highest BCUT2D eigenvalue weighted by Crippen LogP contribution is 2.31. The molecular weight excluding hydrogens is 398 g/mol. The predicted molar refractivity (Wildman–Crippen MR) is 127 cm³/mol. The molecule has 2 N–H and O–H groups in total. The van der Waals surface area contributed by atoms with E-state index in [4.69, 9.17) is 0 Å². The monoisotopic (exact) mass is 427 g/mol. The first kappa shape index (κ1) is 21.8. The Morgan fingerprint density at radius 3 is 2.75 bits per heavy atom. The Morgan fingerprint density at radius 2 is 2.00 bits per heavy atom. The maximum Gasteiger partial charge on any atom is 0.237 e. The number of amides is 1. The number of rotatable bonds is 6. The number of nitrogens with zero attached hydrogens (tertiary/aromatic N) is 3. The molecule has 1 fully saturated rings. The molecule has 1 aromatic heterocycles. The quantitative estimate of drug-likeness (QED) is 0.631. The van der Waals surface area contributed by atoms with Crippen molar-refractivity contribution in [3.63, 3.8) is 0 Å². The SMILES string of the molecule is CN[C@@H](Cc1ccccc1)C(=O)N[C@@H]1C[C@H](C)CN(c2ccc(C#N)c3ncccc23)C1. The second kappa shape index (κ2) is 9.80. The maximum atomic E-state index is 13.1. The van der Waals surface area contributed by atoms with E-state index >= 15 is 0 Å². The average Bonchev–Trinajstić information content (AvgIpc) is 2.82. The van der Waals surface area contributed by atoms with E-state index in [1.54, 1.807) is 6.20 Å². The molecule has 2 heterocycles. The standard InChI is InChI=1S/C26H29N5O/c1-18-13-21(30-26(32)23(28-2)14-19-7-4-3-5-8-19)17-31(16-18)24-11-10-20(15-27)25-22(24)9-6-12-29-25/h3-12,18,21,23,28H,13-14,16-17H2,1-2H3,(H,30,32)/t18-,21+,23-/m0/s1. The fraction of sp³-hybridized carbons (Fsp3) is 0.346. The van der Waals surface area contributed by atoms with Crippen LogP contribution in [0.15, 0.2) is 60.8 Å². The number of hydrogen-bond donors (Lipinski definition) is 2. The fourth-order valence-corrected chi connectivity index (χ4v) is 4.65. The molecule has 6 heteroatoms. The number of likely N-dealkylation sites (N-methyl/N-ethyl adjacent to an activating group) is 1. The summed E-state index contributed by atoms with van der Waals surface area (Å²) in [6, 6.07) is 19.9. The summed E-state index contributed by atoms with van der Waals surface area (Å²) in [4.78, 5) is 19.8. The van der Waals surface area contributed by atoms with Crippen molar-refractivity contribution in [3.05, 3.63) is 71.9 Å². The van der Waals surface area contributed by atoms with Gasteiger partial charge >= 0.3 is 0 Å². The highest BCUT2D eigenvalue weighted by Gasteiger charge is 2.29. The Bertz CT molecular complexity index is 1120. The van der Waals surface area contributed by atoms with Gasteiger partial charge in [0.2, 0.25) is 5.91 Å². The summed E-state index contributed by atoms with van der Waals surface area (Å²) >= 11 is 0. The number of carbonyl (C=O) groups is 1. The topological polar surface area (TPSA) is 81.0 Å². The molecule has 0 aliphatic carbocycles. The lowest BCUT2D eigenvalue weighted by atomic mass is 9.94. The first-order chi connectivity index (χ1) is 15.6. The third-order valence-corrected chi connectivity index (χ3v) is 6.16. The zero-order chi connectivity index (χ0) is 22.5. The van der Waals surface area contributed by atoms with Crippen LogP contribution in [-0.2, 0) is 11.2 Å². The molecule has 1 amide bonds. The smallest absolute Gasteiger partial charge is 0.237 e. The minimum absolute atomic E-state index is 0.0294. The lowest BCUT2D eigenvalue weighted by Crippen LogP contribution is -2.54. The van der Waals surface area contributed by atoms with Crippen molar-refractivity contribution in [3.8, 4) is 6.07 Å². The molecule has 1 aliphatic rings. The predicted octanol–water partition coefficient (Wildman–Crippen LogP) is 3.27. The number of nitrogens with one attached hydrogen (secondary N) is 2. The number of aromatic nitrogens is 1.